The van der Waals surface area contributed by atoms with Crippen LogP contribution in [0.2, 0.25) is 0 Å². The zero-order valence-corrected chi connectivity index (χ0v) is 18.0. The lowest BCUT2D eigenvalue weighted by molar-refractivity contribution is -0.130. The van der Waals surface area contributed by atoms with E-state index >= 15 is 0 Å². The summed E-state index contributed by atoms with van der Waals surface area (Å²) in [5, 5.41) is 5.95. The van der Waals surface area contributed by atoms with Crippen molar-refractivity contribution in [2.45, 2.75) is 45.8 Å². The van der Waals surface area contributed by atoms with E-state index in [1.54, 1.807) is 0 Å². The molecule has 2 heterocycles. The van der Waals surface area contributed by atoms with Crippen LogP contribution in [0.5, 0.6) is 0 Å². The number of para-hydroxylation sites is 2. The van der Waals surface area contributed by atoms with Crippen molar-refractivity contribution in [3.8, 4) is 0 Å². The van der Waals surface area contributed by atoms with E-state index in [0.29, 0.717) is 19.6 Å². The monoisotopic (exact) mass is 420 g/mol. The lowest BCUT2D eigenvalue weighted by Gasteiger charge is -2.13. The maximum Gasteiger partial charge on any atom is 0.249 e. The second-order valence-electron chi connectivity index (χ2n) is 8.01. The molecule has 2 aromatic carbocycles. The van der Waals surface area contributed by atoms with Crippen LogP contribution in [-0.2, 0) is 27.3 Å². The minimum absolute atomic E-state index is 0.0761. The molecule has 0 bridgehead atoms. The zero-order chi connectivity index (χ0) is 21.8. The van der Waals surface area contributed by atoms with Gasteiger partial charge in [0.05, 0.1) is 11.0 Å². The van der Waals surface area contributed by atoms with Gasteiger partial charge in [-0.15, -0.1) is 0 Å². The molecule has 1 aliphatic heterocycles. The lowest BCUT2D eigenvalue weighted by atomic mass is 10.1. The van der Waals surface area contributed by atoms with Crippen LogP contribution in [0.3, 0.4) is 0 Å². The van der Waals surface area contributed by atoms with Gasteiger partial charge in [-0.05, 0) is 56.0 Å². The molecule has 0 saturated carbocycles. The molecule has 0 spiro atoms. The summed E-state index contributed by atoms with van der Waals surface area (Å²) < 4.78 is 7.36. The van der Waals surface area contributed by atoms with Gasteiger partial charge >= 0.3 is 0 Å². The number of aryl methyl sites for hydroxylation is 2. The van der Waals surface area contributed by atoms with E-state index in [1.165, 1.54) is 0 Å². The van der Waals surface area contributed by atoms with Gasteiger partial charge in [-0.3, -0.25) is 9.59 Å². The summed E-state index contributed by atoms with van der Waals surface area (Å²) in [5.41, 5.74) is 4.67. The van der Waals surface area contributed by atoms with Crippen molar-refractivity contribution in [3.63, 3.8) is 0 Å². The SMILES string of the molecule is Cc1ccc(C)c(NC(=O)Cn2c(CCNC(=O)C3CCCO3)nc3ccccc32)c1. The predicted octanol–water partition coefficient (Wildman–Crippen LogP) is 3.13. The molecule has 1 aromatic heterocycles. The van der Waals surface area contributed by atoms with E-state index in [-0.39, 0.29) is 24.5 Å². The van der Waals surface area contributed by atoms with Gasteiger partial charge < -0.3 is 19.9 Å². The Kier molecular flexibility index (Phi) is 6.32. The molecule has 3 aromatic rings. The fraction of sp³-hybridized carbons (Fsp3) is 0.375. The summed E-state index contributed by atoms with van der Waals surface area (Å²) in [6, 6.07) is 13.8. The first-order chi connectivity index (χ1) is 15.0. The van der Waals surface area contributed by atoms with Crippen molar-refractivity contribution in [3.05, 3.63) is 59.4 Å². The number of carbonyl (C=O) groups excluding carboxylic acids is 2. The third-order valence-electron chi connectivity index (χ3n) is 5.57. The van der Waals surface area contributed by atoms with Crippen molar-refractivity contribution in [1.29, 1.82) is 0 Å². The van der Waals surface area contributed by atoms with Gasteiger partial charge in [0.2, 0.25) is 11.8 Å². The summed E-state index contributed by atoms with van der Waals surface area (Å²) in [6.07, 6.45) is 1.87. The highest BCUT2D eigenvalue weighted by Gasteiger charge is 2.23. The standard InChI is InChI=1S/C24H28N4O3/c1-16-9-10-17(2)19(14-16)27-23(29)15-28-20-7-4-3-6-18(20)26-22(28)11-12-25-24(30)21-8-5-13-31-21/h3-4,6-7,9-10,14,21H,5,8,11-13,15H2,1-2H3,(H,25,30)(H,27,29). The number of nitrogens with zero attached hydrogens (tertiary/aromatic N) is 2. The molecule has 7 nitrogen and oxygen atoms in total. The third-order valence-corrected chi connectivity index (χ3v) is 5.57. The van der Waals surface area contributed by atoms with Gasteiger partial charge in [-0.25, -0.2) is 4.98 Å². The molecule has 1 atom stereocenters. The summed E-state index contributed by atoms with van der Waals surface area (Å²) in [4.78, 5) is 29.8. The maximum atomic E-state index is 12.8. The fourth-order valence-corrected chi connectivity index (χ4v) is 3.89. The van der Waals surface area contributed by atoms with Crippen LogP contribution >= 0.6 is 0 Å². The Bertz CT molecular complexity index is 1100. The normalized spacial score (nSPS) is 15.9. The number of aromatic nitrogens is 2. The van der Waals surface area contributed by atoms with E-state index in [2.05, 4.69) is 10.6 Å². The number of hydrogen-bond acceptors (Lipinski definition) is 4. The van der Waals surface area contributed by atoms with Crippen LogP contribution in [0.4, 0.5) is 5.69 Å². The van der Waals surface area contributed by atoms with Gasteiger partial charge in [0, 0.05) is 25.3 Å². The molecule has 7 heteroatoms. The molecule has 0 aliphatic carbocycles. The minimum atomic E-state index is -0.345. The average molecular weight is 421 g/mol. The molecule has 1 aliphatic rings. The number of imidazole rings is 1. The van der Waals surface area contributed by atoms with E-state index in [9.17, 15) is 9.59 Å². The Morgan fingerprint density at radius 3 is 2.84 bits per heavy atom. The molecular weight excluding hydrogens is 392 g/mol. The molecule has 0 radical (unpaired) electrons. The molecular formula is C24H28N4O3. The number of carbonyl (C=O) groups is 2. The number of hydrogen-bond donors (Lipinski definition) is 2. The second-order valence-corrected chi connectivity index (χ2v) is 8.01. The molecule has 1 fully saturated rings. The number of rotatable bonds is 7. The summed E-state index contributed by atoms with van der Waals surface area (Å²) in [5.74, 6) is 0.583. The van der Waals surface area contributed by atoms with Crippen LogP contribution in [0.1, 0.15) is 29.8 Å². The van der Waals surface area contributed by atoms with Crippen LogP contribution in [0.15, 0.2) is 42.5 Å². The highest BCUT2D eigenvalue weighted by atomic mass is 16.5. The van der Waals surface area contributed by atoms with Gasteiger partial charge in [0.1, 0.15) is 18.5 Å². The van der Waals surface area contributed by atoms with Gasteiger partial charge in [-0.1, -0.05) is 24.3 Å². The quantitative estimate of drug-likeness (QED) is 0.615. The van der Waals surface area contributed by atoms with Crippen molar-refractivity contribution in [2.24, 2.45) is 0 Å². The first-order valence-electron chi connectivity index (χ1n) is 10.7. The summed E-state index contributed by atoms with van der Waals surface area (Å²) in [6.45, 7) is 5.22. The third kappa shape index (κ3) is 4.94. The van der Waals surface area contributed by atoms with Crippen molar-refractivity contribution in [2.75, 3.05) is 18.5 Å². The molecule has 31 heavy (non-hydrogen) atoms. The zero-order valence-electron chi connectivity index (χ0n) is 18.0. The highest BCUT2D eigenvalue weighted by Crippen LogP contribution is 2.19. The lowest BCUT2D eigenvalue weighted by Crippen LogP contribution is -2.35. The summed E-state index contributed by atoms with van der Waals surface area (Å²) in [7, 11) is 0. The predicted molar refractivity (Wildman–Crippen MR) is 120 cm³/mol. The number of nitrogens with one attached hydrogen (secondary N) is 2. The number of amides is 2. The number of anilines is 1. The van der Waals surface area contributed by atoms with Crippen LogP contribution in [0.25, 0.3) is 11.0 Å². The maximum absolute atomic E-state index is 12.8. The van der Waals surface area contributed by atoms with E-state index in [1.807, 2.05) is 60.9 Å². The van der Waals surface area contributed by atoms with Crippen LogP contribution in [-0.4, -0.2) is 40.6 Å². The summed E-state index contributed by atoms with van der Waals surface area (Å²) >= 11 is 0. The fourth-order valence-electron chi connectivity index (χ4n) is 3.89. The van der Waals surface area contributed by atoms with E-state index in [4.69, 9.17) is 9.72 Å². The van der Waals surface area contributed by atoms with Crippen molar-refractivity contribution < 1.29 is 14.3 Å². The first kappa shape index (κ1) is 21.1. The Balaban J connectivity index is 1.47. The van der Waals surface area contributed by atoms with E-state index < -0.39 is 0 Å². The Morgan fingerprint density at radius 2 is 2.03 bits per heavy atom. The average Bonchev–Trinajstić information content (AvgIpc) is 3.40. The highest BCUT2D eigenvalue weighted by molar-refractivity contribution is 5.92. The largest absolute Gasteiger partial charge is 0.368 e. The number of fused-ring (bicyclic) bond motifs is 1. The van der Waals surface area contributed by atoms with Gasteiger partial charge in [0.15, 0.2) is 0 Å². The Morgan fingerprint density at radius 1 is 1.19 bits per heavy atom. The molecule has 2 N–H and O–H groups in total. The van der Waals surface area contributed by atoms with E-state index in [0.717, 1.165) is 46.5 Å². The van der Waals surface area contributed by atoms with Crippen LogP contribution < -0.4 is 10.6 Å². The first-order valence-corrected chi connectivity index (χ1v) is 10.7. The minimum Gasteiger partial charge on any atom is -0.368 e. The van der Waals surface area contributed by atoms with Gasteiger partial charge in [0.25, 0.3) is 0 Å². The second kappa shape index (κ2) is 9.31. The smallest absolute Gasteiger partial charge is 0.249 e. The number of ether oxygens (including phenoxy) is 1. The molecule has 2 amide bonds. The van der Waals surface area contributed by atoms with Gasteiger partial charge in [-0.2, -0.15) is 0 Å². The van der Waals surface area contributed by atoms with Crippen LogP contribution in [0, 0.1) is 13.8 Å². The topological polar surface area (TPSA) is 85.2 Å². The molecule has 4 rings (SSSR count). The Labute approximate surface area is 181 Å². The molecule has 1 saturated heterocycles. The number of benzene rings is 2. The van der Waals surface area contributed by atoms with Crippen molar-refractivity contribution >= 4 is 28.5 Å². The molecule has 1 unspecified atom stereocenters. The molecule has 162 valence electrons. The van der Waals surface area contributed by atoms with Crippen molar-refractivity contribution in [1.82, 2.24) is 14.9 Å². The Hall–Kier alpha value is -3.19.